The fourth-order valence-electron chi connectivity index (χ4n) is 2.06. The van der Waals surface area contributed by atoms with E-state index in [4.69, 9.17) is 15.2 Å². The van der Waals surface area contributed by atoms with Gasteiger partial charge in [-0.2, -0.15) is 0 Å². The molecule has 0 aliphatic heterocycles. The van der Waals surface area contributed by atoms with Gasteiger partial charge in [-0.3, -0.25) is 0 Å². The highest BCUT2D eigenvalue weighted by molar-refractivity contribution is 4.94. The van der Waals surface area contributed by atoms with Gasteiger partial charge in [-0.15, -0.1) is 0 Å². The first-order valence-electron chi connectivity index (χ1n) is 6.03. The number of hydrogen-bond acceptors (Lipinski definition) is 3. The lowest BCUT2D eigenvalue weighted by Gasteiger charge is -2.26. The van der Waals surface area contributed by atoms with Gasteiger partial charge in [0.25, 0.3) is 0 Å². The van der Waals surface area contributed by atoms with Crippen molar-refractivity contribution in [2.24, 2.45) is 11.1 Å². The summed E-state index contributed by atoms with van der Waals surface area (Å²) >= 11 is 0. The Hall–Kier alpha value is -0.120. The molecular formula is C12H25NO2. The normalized spacial score (nSPS) is 29.6. The molecule has 1 aliphatic carbocycles. The van der Waals surface area contributed by atoms with Gasteiger partial charge in [0.05, 0.1) is 19.3 Å². The first kappa shape index (κ1) is 12.9. The first-order chi connectivity index (χ1) is 7.08. The molecule has 15 heavy (non-hydrogen) atoms. The summed E-state index contributed by atoms with van der Waals surface area (Å²) in [4.78, 5) is 0. The summed E-state index contributed by atoms with van der Waals surface area (Å²) < 4.78 is 11.1. The molecule has 0 spiro atoms. The lowest BCUT2D eigenvalue weighted by molar-refractivity contribution is -0.00372. The van der Waals surface area contributed by atoms with Crippen LogP contribution in [-0.4, -0.2) is 32.0 Å². The lowest BCUT2D eigenvalue weighted by Crippen LogP contribution is -2.41. The van der Waals surface area contributed by atoms with E-state index in [0.717, 1.165) is 25.9 Å². The maximum Gasteiger partial charge on any atom is 0.0732 e. The van der Waals surface area contributed by atoms with Crippen molar-refractivity contribution in [2.45, 2.75) is 52.2 Å². The molecule has 2 unspecified atom stereocenters. The zero-order valence-electron chi connectivity index (χ0n) is 10.3. The van der Waals surface area contributed by atoms with Crippen molar-refractivity contribution < 1.29 is 9.47 Å². The van der Waals surface area contributed by atoms with Gasteiger partial charge in [0, 0.05) is 12.6 Å². The van der Waals surface area contributed by atoms with Gasteiger partial charge in [0.15, 0.2) is 0 Å². The van der Waals surface area contributed by atoms with E-state index in [0.29, 0.717) is 13.2 Å². The fourth-order valence-corrected chi connectivity index (χ4v) is 2.06. The quantitative estimate of drug-likeness (QED) is 0.689. The minimum Gasteiger partial charge on any atom is -0.379 e. The standard InChI is InChI=1S/C12H25NO2/c1-4-7-14-8-9-15-10-5-6-12(2,3)11(10)13/h10-11H,4-9,13H2,1-3H3. The molecule has 0 amide bonds. The van der Waals surface area contributed by atoms with Gasteiger partial charge in [-0.05, 0) is 24.7 Å². The molecule has 1 saturated carbocycles. The molecule has 1 fully saturated rings. The second-order valence-corrected chi connectivity index (χ2v) is 5.07. The molecule has 0 aromatic rings. The van der Waals surface area contributed by atoms with Gasteiger partial charge in [0.2, 0.25) is 0 Å². The number of nitrogens with two attached hydrogens (primary N) is 1. The molecule has 1 aliphatic rings. The average molecular weight is 215 g/mol. The summed E-state index contributed by atoms with van der Waals surface area (Å²) in [5.74, 6) is 0. The maximum atomic E-state index is 6.13. The molecule has 90 valence electrons. The van der Waals surface area contributed by atoms with Crippen LogP contribution in [0.5, 0.6) is 0 Å². The summed E-state index contributed by atoms with van der Waals surface area (Å²) in [5.41, 5.74) is 6.36. The zero-order valence-corrected chi connectivity index (χ0v) is 10.3. The Labute approximate surface area is 93.3 Å². The Morgan fingerprint density at radius 2 is 2.00 bits per heavy atom. The predicted molar refractivity (Wildman–Crippen MR) is 61.8 cm³/mol. The third-order valence-corrected chi connectivity index (χ3v) is 3.28. The van der Waals surface area contributed by atoms with Gasteiger partial charge < -0.3 is 15.2 Å². The zero-order chi connectivity index (χ0) is 11.3. The van der Waals surface area contributed by atoms with Crippen molar-refractivity contribution >= 4 is 0 Å². The van der Waals surface area contributed by atoms with Crippen LogP contribution in [-0.2, 0) is 9.47 Å². The SMILES string of the molecule is CCCOCCOC1CCC(C)(C)C1N. The number of rotatable bonds is 6. The number of ether oxygens (including phenoxy) is 2. The molecule has 0 saturated heterocycles. The molecule has 1 rings (SSSR count). The second-order valence-electron chi connectivity index (χ2n) is 5.07. The van der Waals surface area contributed by atoms with Crippen molar-refractivity contribution in [1.29, 1.82) is 0 Å². The summed E-state index contributed by atoms with van der Waals surface area (Å²) in [6.45, 7) is 8.73. The molecule has 3 nitrogen and oxygen atoms in total. The Bertz CT molecular complexity index is 182. The van der Waals surface area contributed by atoms with Crippen LogP contribution >= 0.6 is 0 Å². The highest BCUT2D eigenvalue weighted by atomic mass is 16.5. The van der Waals surface area contributed by atoms with E-state index in [1.165, 1.54) is 0 Å². The molecule has 0 radical (unpaired) electrons. The van der Waals surface area contributed by atoms with Crippen molar-refractivity contribution in [3.8, 4) is 0 Å². The van der Waals surface area contributed by atoms with Crippen molar-refractivity contribution in [1.82, 2.24) is 0 Å². The summed E-state index contributed by atoms with van der Waals surface area (Å²) in [6.07, 6.45) is 3.54. The van der Waals surface area contributed by atoms with Gasteiger partial charge >= 0.3 is 0 Å². The third-order valence-electron chi connectivity index (χ3n) is 3.28. The van der Waals surface area contributed by atoms with E-state index in [-0.39, 0.29) is 17.6 Å². The molecular weight excluding hydrogens is 190 g/mol. The van der Waals surface area contributed by atoms with E-state index in [2.05, 4.69) is 20.8 Å². The van der Waals surface area contributed by atoms with E-state index < -0.39 is 0 Å². The molecule has 0 aromatic heterocycles. The van der Waals surface area contributed by atoms with Crippen LogP contribution in [0.4, 0.5) is 0 Å². The van der Waals surface area contributed by atoms with E-state index in [1.807, 2.05) is 0 Å². The topological polar surface area (TPSA) is 44.5 Å². The Morgan fingerprint density at radius 1 is 1.27 bits per heavy atom. The van der Waals surface area contributed by atoms with Crippen LogP contribution in [0.25, 0.3) is 0 Å². The maximum absolute atomic E-state index is 6.13. The molecule has 0 bridgehead atoms. The van der Waals surface area contributed by atoms with Gasteiger partial charge in [-0.25, -0.2) is 0 Å². The molecule has 2 atom stereocenters. The van der Waals surface area contributed by atoms with Crippen molar-refractivity contribution in [2.75, 3.05) is 19.8 Å². The Kier molecular flexibility index (Phi) is 5.03. The van der Waals surface area contributed by atoms with Gasteiger partial charge in [0.1, 0.15) is 0 Å². The highest BCUT2D eigenvalue weighted by Gasteiger charge is 2.39. The van der Waals surface area contributed by atoms with Crippen LogP contribution < -0.4 is 5.73 Å². The first-order valence-corrected chi connectivity index (χ1v) is 6.03. The number of hydrogen-bond donors (Lipinski definition) is 1. The minimum absolute atomic E-state index is 0.170. The van der Waals surface area contributed by atoms with Crippen LogP contribution in [0.1, 0.15) is 40.0 Å². The summed E-state index contributed by atoms with van der Waals surface area (Å²) in [6, 6.07) is 0.170. The van der Waals surface area contributed by atoms with Crippen molar-refractivity contribution in [3.63, 3.8) is 0 Å². The fraction of sp³-hybridized carbons (Fsp3) is 1.00. The molecule has 2 N–H and O–H groups in total. The van der Waals surface area contributed by atoms with E-state index >= 15 is 0 Å². The largest absolute Gasteiger partial charge is 0.379 e. The smallest absolute Gasteiger partial charge is 0.0732 e. The van der Waals surface area contributed by atoms with E-state index in [9.17, 15) is 0 Å². The monoisotopic (exact) mass is 215 g/mol. The highest BCUT2D eigenvalue weighted by Crippen LogP contribution is 2.37. The van der Waals surface area contributed by atoms with Crippen molar-refractivity contribution in [3.05, 3.63) is 0 Å². The molecule has 0 heterocycles. The molecule has 0 aromatic carbocycles. The lowest BCUT2D eigenvalue weighted by atomic mass is 9.88. The average Bonchev–Trinajstić information content (AvgIpc) is 2.44. The Balaban J connectivity index is 2.12. The van der Waals surface area contributed by atoms with E-state index in [1.54, 1.807) is 0 Å². The van der Waals surface area contributed by atoms with Crippen LogP contribution in [0.3, 0.4) is 0 Å². The second kappa shape index (κ2) is 5.83. The Morgan fingerprint density at radius 3 is 2.53 bits per heavy atom. The minimum atomic E-state index is 0.170. The van der Waals surface area contributed by atoms with Crippen LogP contribution in [0, 0.1) is 5.41 Å². The summed E-state index contributed by atoms with van der Waals surface area (Å²) in [7, 11) is 0. The third kappa shape index (κ3) is 3.74. The van der Waals surface area contributed by atoms with Gasteiger partial charge in [-0.1, -0.05) is 20.8 Å². The molecule has 3 heteroatoms. The predicted octanol–water partition coefficient (Wildman–Crippen LogP) is 1.95. The summed E-state index contributed by atoms with van der Waals surface area (Å²) in [5, 5.41) is 0. The van der Waals surface area contributed by atoms with Crippen LogP contribution in [0.2, 0.25) is 0 Å². The van der Waals surface area contributed by atoms with Crippen LogP contribution in [0.15, 0.2) is 0 Å².